The van der Waals surface area contributed by atoms with Crippen molar-refractivity contribution in [3.8, 4) is 5.75 Å². The molecule has 0 saturated carbocycles. The van der Waals surface area contributed by atoms with E-state index in [0.717, 1.165) is 0 Å². The fraction of sp³-hybridized carbons (Fsp3) is 0. The van der Waals surface area contributed by atoms with Crippen molar-refractivity contribution in [2.45, 2.75) is 0 Å². The maximum Gasteiger partial charge on any atom is 0.363 e. The van der Waals surface area contributed by atoms with Gasteiger partial charge in [-0.1, -0.05) is 18.2 Å². The van der Waals surface area contributed by atoms with Crippen LogP contribution >= 0.6 is 11.3 Å². The number of para-hydroxylation sites is 1. The van der Waals surface area contributed by atoms with Crippen LogP contribution in [0.1, 0.15) is 10.5 Å². The highest BCUT2D eigenvalue weighted by Crippen LogP contribution is 2.11. The Balaban J connectivity index is 2.10. The molecule has 0 radical (unpaired) electrons. The molecule has 0 aliphatic heterocycles. The van der Waals surface area contributed by atoms with Crippen molar-refractivity contribution in [2.75, 3.05) is 0 Å². The first kappa shape index (κ1) is 8.90. The van der Waals surface area contributed by atoms with Crippen LogP contribution in [0.2, 0.25) is 0 Å². The van der Waals surface area contributed by atoms with Crippen LogP contribution in [-0.2, 0) is 0 Å². The van der Waals surface area contributed by atoms with Gasteiger partial charge in [-0.25, -0.2) is 9.78 Å². The predicted octanol–water partition coefficient (Wildman–Crippen LogP) is 2.36. The Kier molecular flexibility index (Phi) is 2.55. The van der Waals surface area contributed by atoms with Gasteiger partial charge in [-0.05, 0) is 12.1 Å². The first-order valence-corrected chi connectivity index (χ1v) is 4.96. The molecule has 0 N–H and O–H groups in total. The number of carbonyl (C=O) groups excluding carboxylic acids is 1. The molecular weight excluding hydrogens is 198 g/mol. The van der Waals surface area contributed by atoms with Gasteiger partial charge in [0.1, 0.15) is 5.75 Å². The van der Waals surface area contributed by atoms with Crippen LogP contribution in [0.5, 0.6) is 5.75 Å². The fourth-order valence-corrected chi connectivity index (χ4v) is 1.48. The lowest BCUT2D eigenvalue weighted by Crippen LogP contribution is -2.08. The van der Waals surface area contributed by atoms with E-state index in [-0.39, 0.29) is 0 Å². The molecular formula is C10H7NO2S. The van der Waals surface area contributed by atoms with Gasteiger partial charge in [0.15, 0.2) is 5.69 Å². The molecule has 0 atom stereocenters. The van der Waals surface area contributed by atoms with E-state index in [1.54, 1.807) is 23.0 Å². The molecule has 0 unspecified atom stereocenters. The standard InChI is InChI=1S/C10H7NO2S/c12-10(9-6-14-7-11-9)13-8-4-2-1-3-5-8/h1-7H. The molecule has 2 rings (SSSR count). The van der Waals surface area contributed by atoms with Gasteiger partial charge in [0, 0.05) is 5.38 Å². The van der Waals surface area contributed by atoms with E-state index in [1.807, 2.05) is 18.2 Å². The van der Waals surface area contributed by atoms with Crippen LogP contribution in [-0.4, -0.2) is 11.0 Å². The molecule has 0 amide bonds. The van der Waals surface area contributed by atoms with Crippen LogP contribution in [0.25, 0.3) is 0 Å². The first-order chi connectivity index (χ1) is 6.86. The number of ether oxygens (including phenoxy) is 1. The van der Waals surface area contributed by atoms with E-state index in [0.29, 0.717) is 11.4 Å². The lowest BCUT2D eigenvalue weighted by Gasteiger charge is -2.00. The molecule has 0 saturated heterocycles. The Morgan fingerprint density at radius 2 is 2.07 bits per heavy atom. The normalized spacial score (nSPS) is 9.71. The van der Waals surface area contributed by atoms with Crippen molar-refractivity contribution < 1.29 is 9.53 Å². The molecule has 0 spiro atoms. The van der Waals surface area contributed by atoms with Crippen molar-refractivity contribution in [3.05, 3.63) is 46.9 Å². The minimum atomic E-state index is -0.419. The van der Waals surface area contributed by atoms with Gasteiger partial charge in [-0.15, -0.1) is 11.3 Å². The third-order valence-electron chi connectivity index (χ3n) is 1.60. The van der Waals surface area contributed by atoms with Crippen LogP contribution in [0.15, 0.2) is 41.2 Å². The molecule has 1 heterocycles. The minimum absolute atomic E-state index is 0.346. The van der Waals surface area contributed by atoms with Crippen molar-refractivity contribution in [3.63, 3.8) is 0 Å². The molecule has 2 aromatic rings. The fourth-order valence-electron chi connectivity index (χ4n) is 0.961. The number of hydrogen-bond acceptors (Lipinski definition) is 4. The highest BCUT2D eigenvalue weighted by molar-refractivity contribution is 7.07. The van der Waals surface area contributed by atoms with E-state index in [4.69, 9.17) is 4.74 Å². The smallest absolute Gasteiger partial charge is 0.363 e. The van der Waals surface area contributed by atoms with Gasteiger partial charge in [0.2, 0.25) is 0 Å². The molecule has 0 aliphatic carbocycles. The second-order valence-corrected chi connectivity index (χ2v) is 3.29. The number of thiazole rings is 1. The first-order valence-electron chi connectivity index (χ1n) is 4.01. The zero-order valence-corrected chi connectivity index (χ0v) is 8.03. The van der Waals surface area contributed by atoms with Gasteiger partial charge >= 0.3 is 5.97 Å². The Hall–Kier alpha value is -1.68. The molecule has 70 valence electrons. The molecule has 0 aliphatic rings. The van der Waals surface area contributed by atoms with E-state index in [2.05, 4.69) is 4.98 Å². The summed E-state index contributed by atoms with van der Waals surface area (Å²) in [5, 5.41) is 1.66. The molecule has 0 fully saturated rings. The molecule has 14 heavy (non-hydrogen) atoms. The van der Waals surface area contributed by atoms with E-state index >= 15 is 0 Å². The summed E-state index contributed by atoms with van der Waals surface area (Å²) in [6, 6.07) is 8.93. The van der Waals surface area contributed by atoms with Crippen molar-refractivity contribution in [1.29, 1.82) is 0 Å². The van der Waals surface area contributed by atoms with Gasteiger partial charge in [-0.2, -0.15) is 0 Å². The number of carbonyl (C=O) groups is 1. The summed E-state index contributed by atoms with van der Waals surface area (Å²) in [5.41, 5.74) is 1.94. The van der Waals surface area contributed by atoms with E-state index < -0.39 is 5.97 Å². The number of rotatable bonds is 2. The Labute approximate surface area is 85.0 Å². The number of nitrogens with zero attached hydrogens (tertiary/aromatic N) is 1. The largest absolute Gasteiger partial charge is 0.422 e. The topological polar surface area (TPSA) is 39.2 Å². The van der Waals surface area contributed by atoms with Gasteiger partial charge in [0.05, 0.1) is 5.51 Å². The van der Waals surface area contributed by atoms with E-state index in [9.17, 15) is 4.79 Å². The second kappa shape index (κ2) is 4.02. The Bertz CT molecular complexity index is 411. The summed E-state index contributed by atoms with van der Waals surface area (Å²) >= 11 is 1.37. The van der Waals surface area contributed by atoms with Crippen molar-refractivity contribution >= 4 is 17.3 Å². The van der Waals surface area contributed by atoms with Gasteiger partial charge < -0.3 is 4.74 Å². The number of aromatic nitrogens is 1. The maximum atomic E-state index is 11.4. The molecule has 1 aromatic carbocycles. The molecule has 0 bridgehead atoms. The van der Waals surface area contributed by atoms with Crippen LogP contribution in [0.4, 0.5) is 0 Å². The SMILES string of the molecule is O=C(Oc1ccccc1)c1cscn1. The summed E-state index contributed by atoms with van der Waals surface area (Å²) in [4.78, 5) is 15.3. The Morgan fingerprint density at radius 1 is 1.29 bits per heavy atom. The third-order valence-corrected chi connectivity index (χ3v) is 2.18. The Morgan fingerprint density at radius 3 is 2.71 bits per heavy atom. The highest BCUT2D eigenvalue weighted by atomic mass is 32.1. The van der Waals surface area contributed by atoms with Crippen LogP contribution in [0.3, 0.4) is 0 Å². The van der Waals surface area contributed by atoms with Crippen molar-refractivity contribution in [2.24, 2.45) is 0 Å². The third kappa shape index (κ3) is 1.97. The average Bonchev–Trinajstić information content (AvgIpc) is 2.72. The lowest BCUT2D eigenvalue weighted by atomic mass is 10.3. The summed E-state index contributed by atoms with van der Waals surface area (Å²) in [7, 11) is 0. The molecule has 4 heteroatoms. The summed E-state index contributed by atoms with van der Waals surface area (Å²) < 4.78 is 5.06. The zero-order valence-electron chi connectivity index (χ0n) is 7.21. The quantitative estimate of drug-likeness (QED) is 0.558. The average molecular weight is 205 g/mol. The highest BCUT2D eigenvalue weighted by Gasteiger charge is 2.09. The summed E-state index contributed by atoms with van der Waals surface area (Å²) in [6.45, 7) is 0. The minimum Gasteiger partial charge on any atom is -0.422 e. The lowest BCUT2D eigenvalue weighted by molar-refractivity contribution is 0.0729. The van der Waals surface area contributed by atoms with Gasteiger partial charge in [0.25, 0.3) is 0 Å². The number of esters is 1. The number of benzene rings is 1. The molecule has 3 nitrogen and oxygen atoms in total. The maximum absolute atomic E-state index is 11.4. The van der Waals surface area contributed by atoms with Crippen LogP contribution < -0.4 is 4.74 Å². The number of hydrogen-bond donors (Lipinski definition) is 0. The van der Waals surface area contributed by atoms with E-state index in [1.165, 1.54) is 11.3 Å². The zero-order chi connectivity index (χ0) is 9.80. The van der Waals surface area contributed by atoms with Gasteiger partial charge in [-0.3, -0.25) is 0 Å². The molecule has 1 aromatic heterocycles. The van der Waals surface area contributed by atoms with Crippen LogP contribution in [0, 0.1) is 0 Å². The predicted molar refractivity (Wildman–Crippen MR) is 53.5 cm³/mol. The summed E-state index contributed by atoms with van der Waals surface area (Å²) in [5.74, 6) is 0.114. The summed E-state index contributed by atoms with van der Waals surface area (Å²) in [6.07, 6.45) is 0. The van der Waals surface area contributed by atoms with Crippen molar-refractivity contribution in [1.82, 2.24) is 4.98 Å². The monoisotopic (exact) mass is 205 g/mol. The second-order valence-electron chi connectivity index (χ2n) is 2.58.